The van der Waals surface area contributed by atoms with Crippen LogP contribution in [-0.2, 0) is 33.6 Å². The molecule has 0 fully saturated rings. The molecule has 0 saturated carbocycles. The first kappa shape index (κ1) is 31.2. The van der Waals surface area contributed by atoms with Crippen LogP contribution < -0.4 is 27.4 Å². The third-order valence-corrected chi connectivity index (χ3v) is 4.65. The number of hydrogen-bond donors (Lipinski definition) is 8. The van der Waals surface area contributed by atoms with Gasteiger partial charge in [0.05, 0.1) is 12.5 Å². The molecule has 0 aromatic rings. The van der Waals surface area contributed by atoms with Crippen molar-refractivity contribution in [1.82, 2.24) is 16.0 Å². The molecule has 198 valence electrons. The van der Waals surface area contributed by atoms with Crippen molar-refractivity contribution < 1.29 is 48.9 Å². The van der Waals surface area contributed by atoms with Gasteiger partial charge in [0.15, 0.2) is 0 Å². The van der Waals surface area contributed by atoms with Gasteiger partial charge in [-0.3, -0.25) is 28.8 Å². The largest absolute Gasteiger partial charge is 0.481 e. The summed E-state index contributed by atoms with van der Waals surface area (Å²) in [6, 6.07) is -5.75. The summed E-state index contributed by atoms with van der Waals surface area (Å²) in [4.78, 5) is 81.9. The first-order valence-electron chi connectivity index (χ1n) is 10.7. The van der Waals surface area contributed by atoms with Gasteiger partial charge in [-0.1, -0.05) is 13.8 Å². The summed E-state index contributed by atoms with van der Waals surface area (Å²) in [6.45, 7) is 3.47. The molecule has 4 amide bonds. The Morgan fingerprint density at radius 2 is 1.23 bits per heavy atom. The van der Waals surface area contributed by atoms with Crippen molar-refractivity contribution in [3.05, 3.63) is 0 Å². The van der Waals surface area contributed by atoms with E-state index in [4.69, 9.17) is 21.7 Å². The third kappa shape index (κ3) is 13.5. The van der Waals surface area contributed by atoms with Crippen molar-refractivity contribution >= 4 is 41.5 Å². The van der Waals surface area contributed by atoms with Crippen LogP contribution in [0.4, 0.5) is 0 Å². The first-order valence-corrected chi connectivity index (χ1v) is 10.7. The quantitative estimate of drug-likeness (QED) is 0.103. The van der Waals surface area contributed by atoms with Gasteiger partial charge in [0, 0.05) is 12.8 Å². The molecule has 10 N–H and O–H groups in total. The lowest BCUT2D eigenvalue weighted by Crippen LogP contribution is -2.57. The molecule has 0 rings (SSSR count). The van der Waals surface area contributed by atoms with Crippen molar-refractivity contribution in [2.24, 2.45) is 17.4 Å². The zero-order valence-corrected chi connectivity index (χ0v) is 19.5. The summed E-state index contributed by atoms with van der Waals surface area (Å²) < 4.78 is 0. The van der Waals surface area contributed by atoms with Crippen LogP contribution in [0.3, 0.4) is 0 Å². The summed E-state index contributed by atoms with van der Waals surface area (Å²) >= 11 is 0. The second kappa shape index (κ2) is 15.2. The van der Waals surface area contributed by atoms with E-state index in [1.54, 1.807) is 13.8 Å². The number of aliphatic carboxylic acids is 3. The molecule has 35 heavy (non-hydrogen) atoms. The van der Waals surface area contributed by atoms with E-state index in [-0.39, 0.29) is 25.2 Å². The maximum Gasteiger partial charge on any atom is 0.326 e. The number of carboxylic acid groups (broad SMARTS) is 3. The fraction of sp³-hybridized carbons (Fsp3) is 0.650. The van der Waals surface area contributed by atoms with E-state index in [1.807, 2.05) is 5.32 Å². The van der Waals surface area contributed by atoms with Crippen LogP contribution in [0.5, 0.6) is 0 Å². The Morgan fingerprint density at radius 3 is 1.69 bits per heavy atom. The molecule has 15 heteroatoms. The van der Waals surface area contributed by atoms with E-state index in [1.165, 1.54) is 0 Å². The van der Waals surface area contributed by atoms with Crippen LogP contribution in [0, 0.1) is 5.92 Å². The Bertz CT molecular complexity index is 816. The predicted molar refractivity (Wildman–Crippen MR) is 118 cm³/mol. The Hall–Kier alpha value is -3.75. The molecule has 0 aliphatic rings. The van der Waals surface area contributed by atoms with E-state index in [0.29, 0.717) is 0 Å². The molecular weight excluding hydrogens is 470 g/mol. The smallest absolute Gasteiger partial charge is 0.326 e. The van der Waals surface area contributed by atoms with Gasteiger partial charge in [0.25, 0.3) is 0 Å². The molecule has 4 unspecified atom stereocenters. The summed E-state index contributed by atoms with van der Waals surface area (Å²) in [5.74, 6) is -8.00. The molecule has 0 aliphatic carbocycles. The zero-order valence-electron chi connectivity index (χ0n) is 19.5. The fourth-order valence-corrected chi connectivity index (χ4v) is 2.86. The lowest BCUT2D eigenvalue weighted by molar-refractivity contribution is -0.144. The second-order valence-electron chi connectivity index (χ2n) is 8.29. The molecule has 0 bridgehead atoms. The molecule has 0 spiro atoms. The molecular formula is C20H33N5O10. The molecule has 0 radical (unpaired) electrons. The summed E-state index contributed by atoms with van der Waals surface area (Å²) in [5, 5.41) is 33.6. The average Bonchev–Trinajstić information content (AvgIpc) is 2.72. The fourth-order valence-electron chi connectivity index (χ4n) is 2.86. The highest BCUT2D eigenvalue weighted by Gasteiger charge is 2.32. The van der Waals surface area contributed by atoms with Crippen LogP contribution in [0.25, 0.3) is 0 Å². The van der Waals surface area contributed by atoms with E-state index < -0.39 is 85.0 Å². The molecule has 0 aromatic heterocycles. The average molecular weight is 504 g/mol. The molecule has 0 saturated heterocycles. The van der Waals surface area contributed by atoms with Gasteiger partial charge in [-0.05, 0) is 25.2 Å². The van der Waals surface area contributed by atoms with Crippen LogP contribution in [0.15, 0.2) is 0 Å². The second-order valence-corrected chi connectivity index (χ2v) is 8.29. The van der Waals surface area contributed by atoms with Gasteiger partial charge < -0.3 is 42.7 Å². The number of primary amides is 1. The van der Waals surface area contributed by atoms with Crippen molar-refractivity contribution in [2.45, 2.75) is 76.5 Å². The molecule has 15 nitrogen and oxygen atoms in total. The number of amides is 4. The van der Waals surface area contributed by atoms with Crippen LogP contribution in [0.1, 0.15) is 52.4 Å². The van der Waals surface area contributed by atoms with Crippen molar-refractivity contribution in [3.8, 4) is 0 Å². The molecule has 0 aromatic carbocycles. The van der Waals surface area contributed by atoms with Gasteiger partial charge in [0.2, 0.25) is 23.6 Å². The standard InChI is InChI=1S/C20H33N5O10/c1-9(2)7-12(24-17(31)10(21)3-5-14(22)26)18(32)25-13(8-16(29)30)19(33)23-11(20(34)35)4-6-15(27)28/h9-13H,3-8,21H2,1-2H3,(H2,22,26)(H,23,33)(H,24,31)(H,25,32)(H,27,28)(H,29,30)(H,34,35). The first-order chi connectivity index (χ1) is 16.1. The normalized spacial score (nSPS) is 14.2. The minimum Gasteiger partial charge on any atom is -0.481 e. The zero-order chi connectivity index (χ0) is 27.3. The van der Waals surface area contributed by atoms with Crippen LogP contribution >= 0.6 is 0 Å². The number of hydrogen-bond acceptors (Lipinski definition) is 8. The summed E-state index contributed by atoms with van der Waals surface area (Å²) in [6.07, 6.45) is -2.12. The van der Waals surface area contributed by atoms with E-state index >= 15 is 0 Å². The Balaban J connectivity index is 5.51. The molecule has 0 aliphatic heterocycles. The number of carbonyl (C=O) groups excluding carboxylic acids is 4. The minimum atomic E-state index is -1.72. The minimum absolute atomic E-state index is 0.0752. The third-order valence-electron chi connectivity index (χ3n) is 4.65. The maximum atomic E-state index is 12.8. The maximum absolute atomic E-state index is 12.8. The van der Waals surface area contributed by atoms with Crippen LogP contribution in [-0.4, -0.2) is 81.0 Å². The van der Waals surface area contributed by atoms with Crippen molar-refractivity contribution in [3.63, 3.8) is 0 Å². The van der Waals surface area contributed by atoms with Crippen molar-refractivity contribution in [2.75, 3.05) is 0 Å². The predicted octanol–water partition coefficient (Wildman–Crippen LogP) is -2.50. The Labute approximate surface area is 201 Å². The topological polar surface area (TPSA) is 268 Å². The van der Waals surface area contributed by atoms with E-state index in [9.17, 15) is 38.7 Å². The van der Waals surface area contributed by atoms with Gasteiger partial charge in [-0.25, -0.2) is 4.79 Å². The highest BCUT2D eigenvalue weighted by atomic mass is 16.4. The lowest BCUT2D eigenvalue weighted by Gasteiger charge is -2.25. The van der Waals surface area contributed by atoms with Gasteiger partial charge in [-0.2, -0.15) is 0 Å². The van der Waals surface area contributed by atoms with Gasteiger partial charge >= 0.3 is 17.9 Å². The molecule has 0 heterocycles. The number of nitrogens with one attached hydrogen (secondary N) is 3. The van der Waals surface area contributed by atoms with Gasteiger partial charge in [-0.15, -0.1) is 0 Å². The summed E-state index contributed by atoms with van der Waals surface area (Å²) in [5.41, 5.74) is 10.7. The summed E-state index contributed by atoms with van der Waals surface area (Å²) in [7, 11) is 0. The number of rotatable bonds is 17. The van der Waals surface area contributed by atoms with Gasteiger partial charge in [0.1, 0.15) is 18.1 Å². The number of carbonyl (C=O) groups is 7. The SMILES string of the molecule is CC(C)CC(NC(=O)C(N)CCC(N)=O)C(=O)NC(CC(=O)O)C(=O)NC(CCC(=O)O)C(=O)O. The lowest BCUT2D eigenvalue weighted by atomic mass is 10.0. The van der Waals surface area contributed by atoms with E-state index in [0.717, 1.165) is 0 Å². The van der Waals surface area contributed by atoms with Crippen LogP contribution in [0.2, 0.25) is 0 Å². The highest BCUT2D eigenvalue weighted by Crippen LogP contribution is 2.08. The van der Waals surface area contributed by atoms with Crippen molar-refractivity contribution in [1.29, 1.82) is 0 Å². The number of nitrogens with two attached hydrogens (primary N) is 2. The Kier molecular flexibility index (Phi) is 13.6. The number of carboxylic acids is 3. The van der Waals surface area contributed by atoms with E-state index in [2.05, 4.69) is 10.6 Å². The Morgan fingerprint density at radius 1 is 0.714 bits per heavy atom. The highest BCUT2D eigenvalue weighted by molar-refractivity contribution is 5.95. The monoisotopic (exact) mass is 503 g/mol. The molecule has 4 atom stereocenters.